The van der Waals surface area contributed by atoms with Gasteiger partial charge in [-0.3, -0.25) is 0 Å². The fourth-order valence-electron chi connectivity index (χ4n) is 6.40. The molecule has 6 aromatic carbocycles. The van der Waals surface area contributed by atoms with Gasteiger partial charge in [-0.25, -0.2) is 0 Å². The van der Waals surface area contributed by atoms with E-state index in [1.807, 2.05) is 0 Å². The number of hydrogen-bond donors (Lipinski definition) is 0. The van der Waals surface area contributed by atoms with Crippen LogP contribution >= 0.6 is 0 Å². The molecule has 1 aromatic heterocycles. The van der Waals surface area contributed by atoms with Crippen LogP contribution in [0.2, 0.25) is 0 Å². The SMILES string of the molecule is Cn1c2ccc(-c3ccc4c(c3)Cc3ccccc3-4)cc2c2c3ccccc3c3ccccc3c21. The van der Waals surface area contributed by atoms with Gasteiger partial charge < -0.3 is 4.57 Å². The summed E-state index contributed by atoms with van der Waals surface area (Å²) >= 11 is 0. The van der Waals surface area contributed by atoms with E-state index in [2.05, 4.69) is 121 Å². The van der Waals surface area contributed by atoms with Crippen LogP contribution in [-0.2, 0) is 13.5 Å². The molecular weight excluding hydrogens is 422 g/mol. The summed E-state index contributed by atoms with van der Waals surface area (Å²) < 4.78 is 2.38. The Balaban J connectivity index is 1.42. The van der Waals surface area contributed by atoms with Crippen LogP contribution in [0.3, 0.4) is 0 Å². The second kappa shape index (κ2) is 6.84. The molecule has 1 heterocycles. The summed E-state index contributed by atoms with van der Waals surface area (Å²) in [7, 11) is 2.21. The van der Waals surface area contributed by atoms with E-state index in [0.717, 1.165) is 6.42 Å². The third-order valence-corrected chi connectivity index (χ3v) is 8.00. The standard InChI is InChI=1S/C34H23N/c1-35-32-17-15-22(21-14-16-26-24(18-21)19-23-8-2-3-9-25(23)26)20-31(32)33-29-12-6-4-10-27(29)28-11-5-7-13-30(28)34(33)35/h2-18,20H,19H2,1H3. The molecule has 0 saturated carbocycles. The quantitative estimate of drug-likeness (QED) is 0.222. The van der Waals surface area contributed by atoms with Gasteiger partial charge in [0, 0.05) is 28.7 Å². The molecule has 0 radical (unpaired) electrons. The number of hydrogen-bond acceptors (Lipinski definition) is 0. The van der Waals surface area contributed by atoms with Crippen molar-refractivity contribution < 1.29 is 0 Å². The van der Waals surface area contributed by atoms with Crippen molar-refractivity contribution >= 4 is 43.4 Å². The van der Waals surface area contributed by atoms with Crippen LogP contribution in [0.4, 0.5) is 0 Å². The van der Waals surface area contributed by atoms with E-state index in [1.165, 1.54) is 76.7 Å². The van der Waals surface area contributed by atoms with Crippen molar-refractivity contribution in [3.8, 4) is 22.3 Å². The van der Waals surface area contributed by atoms with Gasteiger partial charge in [-0.05, 0) is 68.1 Å². The van der Waals surface area contributed by atoms with E-state index in [4.69, 9.17) is 0 Å². The van der Waals surface area contributed by atoms with Crippen LogP contribution < -0.4 is 0 Å². The van der Waals surface area contributed by atoms with Crippen molar-refractivity contribution in [1.82, 2.24) is 4.57 Å². The van der Waals surface area contributed by atoms with Crippen LogP contribution in [0.1, 0.15) is 11.1 Å². The molecule has 1 aliphatic rings. The zero-order chi connectivity index (χ0) is 23.1. The topological polar surface area (TPSA) is 4.93 Å². The Bertz CT molecular complexity index is 1990. The minimum atomic E-state index is 1.02. The average Bonchev–Trinajstić information content (AvgIpc) is 3.43. The van der Waals surface area contributed by atoms with Gasteiger partial charge in [0.2, 0.25) is 0 Å². The Morgan fingerprint density at radius 2 is 1.14 bits per heavy atom. The highest BCUT2D eigenvalue weighted by Crippen LogP contribution is 2.42. The van der Waals surface area contributed by atoms with Crippen molar-refractivity contribution in [3.63, 3.8) is 0 Å². The maximum atomic E-state index is 2.41. The lowest BCUT2D eigenvalue weighted by Gasteiger charge is -2.09. The summed E-state index contributed by atoms with van der Waals surface area (Å²) in [6.45, 7) is 0. The minimum Gasteiger partial charge on any atom is -0.343 e. The molecule has 1 heteroatoms. The van der Waals surface area contributed by atoms with Crippen molar-refractivity contribution in [2.75, 3.05) is 0 Å². The van der Waals surface area contributed by atoms with E-state index in [0.29, 0.717) is 0 Å². The zero-order valence-electron chi connectivity index (χ0n) is 19.5. The number of aromatic nitrogens is 1. The van der Waals surface area contributed by atoms with Crippen molar-refractivity contribution in [2.24, 2.45) is 7.05 Å². The van der Waals surface area contributed by atoms with Crippen LogP contribution in [0.5, 0.6) is 0 Å². The Labute approximate surface area is 203 Å². The number of aryl methyl sites for hydroxylation is 1. The molecule has 35 heavy (non-hydrogen) atoms. The molecule has 0 unspecified atom stereocenters. The van der Waals surface area contributed by atoms with Crippen molar-refractivity contribution in [3.05, 3.63) is 120 Å². The summed E-state index contributed by atoms with van der Waals surface area (Å²) in [6, 6.07) is 40.5. The van der Waals surface area contributed by atoms with E-state index in [1.54, 1.807) is 0 Å². The first-order chi connectivity index (χ1) is 17.3. The van der Waals surface area contributed by atoms with Gasteiger partial charge in [0.15, 0.2) is 0 Å². The third kappa shape index (κ3) is 2.53. The van der Waals surface area contributed by atoms with Crippen molar-refractivity contribution in [1.29, 1.82) is 0 Å². The largest absolute Gasteiger partial charge is 0.343 e. The predicted octanol–water partition coefficient (Wildman–Crippen LogP) is 8.88. The Hall–Kier alpha value is -4.36. The van der Waals surface area contributed by atoms with E-state index >= 15 is 0 Å². The van der Waals surface area contributed by atoms with E-state index < -0.39 is 0 Å². The number of nitrogens with zero attached hydrogens (tertiary/aromatic N) is 1. The molecule has 0 aliphatic heterocycles. The first-order valence-corrected chi connectivity index (χ1v) is 12.3. The second-order valence-corrected chi connectivity index (χ2v) is 9.81. The highest BCUT2D eigenvalue weighted by Gasteiger charge is 2.19. The molecule has 164 valence electrons. The van der Waals surface area contributed by atoms with Crippen LogP contribution in [0, 0.1) is 0 Å². The van der Waals surface area contributed by atoms with Gasteiger partial charge in [-0.15, -0.1) is 0 Å². The molecule has 0 spiro atoms. The smallest absolute Gasteiger partial charge is 0.0574 e. The molecule has 0 saturated heterocycles. The fourth-order valence-corrected chi connectivity index (χ4v) is 6.40. The first-order valence-electron chi connectivity index (χ1n) is 12.3. The summed E-state index contributed by atoms with van der Waals surface area (Å²) in [5.41, 5.74) is 10.8. The molecule has 8 rings (SSSR count). The van der Waals surface area contributed by atoms with Crippen LogP contribution in [0.25, 0.3) is 65.6 Å². The van der Waals surface area contributed by atoms with Gasteiger partial charge in [0.25, 0.3) is 0 Å². The molecule has 0 amide bonds. The number of rotatable bonds is 1. The molecule has 0 atom stereocenters. The number of fused-ring (bicyclic) bond motifs is 11. The molecule has 0 fully saturated rings. The molecule has 1 nitrogen and oxygen atoms in total. The molecule has 1 aliphatic carbocycles. The zero-order valence-corrected chi connectivity index (χ0v) is 19.5. The lowest BCUT2D eigenvalue weighted by atomic mass is 9.95. The number of benzene rings is 6. The van der Waals surface area contributed by atoms with Gasteiger partial charge in [0.1, 0.15) is 0 Å². The van der Waals surface area contributed by atoms with Crippen LogP contribution in [0.15, 0.2) is 109 Å². The maximum absolute atomic E-state index is 2.41. The van der Waals surface area contributed by atoms with E-state index in [9.17, 15) is 0 Å². The molecule has 0 bridgehead atoms. The lowest BCUT2D eigenvalue weighted by Crippen LogP contribution is -1.89. The third-order valence-electron chi connectivity index (χ3n) is 8.00. The predicted molar refractivity (Wildman–Crippen MR) is 149 cm³/mol. The first kappa shape index (κ1) is 19.0. The van der Waals surface area contributed by atoms with Gasteiger partial charge in [-0.1, -0.05) is 97.1 Å². The van der Waals surface area contributed by atoms with Gasteiger partial charge in [-0.2, -0.15) is 0 Å². The summed E-state index contributed by atoms with van der Waals surface area (Å²) in [4.78, 5) is 0. The Kier molecular flexibility index (Phi) is 3.71. The fraction of sp³-hybridized carbons (Fsp3) is 0.0588. The summed E-state index contributed by atoms with van der Waals surface area (Å²) in [6.07, 6.45) is 1.02. The lowest BCUT2D eigenvalue weighted by molar-refractivity contribution is 1.02. The second-order valence-electron chi connectivity index (χ2n) is 9.81. The van der Waals surface area contributed by atoms with Gasteiger partial charge in [0.05, 0.1) is 5.52 Å². The molecule has 0 N–H and O–H groups in total. The molecule has 7 aromatic rings. The van der Waals surface area contributed by atoms with Crippen molar-refractivity contribution in [2.45, 2.75) is 6.42 Å². The summed E-state index contributed by atoms with van der Waals surface area (Å²) in [5.74, 6) is 0. The minimum absolute atomic E-state index is 1.02. The monoisotopic (exact) mass is 445 g/mol. The Morgan fingerprint density at radius 1 is 0.514 bits per heavy atom. The molecular formula is C34H23N. The summed E-state index contributed by atoms with van der Waals surface area (Å²) in [5, 5.41) is 7.96. The highest BCUT2D eigenvalue weighted by atomic mass is 14.9. The Morgan fingerprint density at radius 3 is 2.00 bits per heavy atom. The van der Waals surface area contributed by atoms with Gasteiger partial charge >= 0.3 is 0 Å². The maximum Gasteiger partial charge on any atom is 0.0574 e. The average molecular weight is 446 g/mol. The van der Waals surface area contributed by atoms with Crippen LogP contribution in [-0.4, -0.2) is 4.57 Å². The van der Waals surface area contributed by atoms with E-state index in [-0.39, 0.29) is 0 Å². The highest BCUT2D eigenvalue weighted by molar-refractivity contribution is 6.31. The normalized spacial score (nSPS) is 12.6.